The Morgan fingerprint density at radius 3 is 2.46 bits per heavy atom. The number of methoxy groups -OCH3 is 1. The fraction of sp³-hybridized carbons (Fsp3) is 0.0833. The van der Waals surface area contributed by atoms with Crippen molar-refractivity contribution >= 4 is 16.7 Å². The molecular formula is C24H19NO3. The van der Waals surface area contributed by atoms with E-state index in [2.05, 4.69) is 0 Å². The molecule has 1 heterocycles. The quantitative estimate of drug-likeness (QED) is 0.493. The summed E-state index contributed by atoms with van der Waals surface area (Å²) >= 11 is 0. The SMILES string of the molecule is COc1cccc(Cn2cc(C(=O)c3ccccc3)c(=O)c3ccccc32)c1. The fourth-order valence-corrected chi connectivity index (χ4v) is 3.35. The van der Waals surface area contributed by atoms with E-state index < -0.39 is 0 Å². The van der Waals surface area contributed by atoms with Crippen molar-refractivity contribution in [2.24, 2.45) is 0 Å². The van der Waals surface area contributed by atoms with Crippen LogP contribution in [-0.2, 0) is 6.54 Å². The lowest BCUT2D eigenvalue weighted by Crippen LogP contribution is -2.20. The third kappa shape index (κ3) is 3.32. The van der Waals surface area contributed by atoms with Gasteiger partial charge in [-0.25, -0.2) is 0 Å². The van der Waals surface area contributed by atoms with E-state index in [9.17, 15) is 9.59 Å². The molecule has 0 atom stereocenters. The number of nitrogens with zero attached hydrogens (tertiary/aromatic N) is 1. The van der Waals surface area contributed by atoms with Crippen LogP contribution >= 0.6 is 0 Å². The van der Waals surface area contributed by atoms with Crippen molar-refractivity contribution in [3.63, 3.8) is 0 Å². The zero-order valence-corrected chi connectivity index (χ0v) is 15.5. The van der Waals surface area contributed by atoms with Gasteiger partial charge in [0.05, 0.1) is 18.2 Å². The first-order valence-electron chi connectivity index (χ1n) is 9.02. The zero-order chi connectivity index (χ0) is 19.5. The van der Waals surface area contributed by atoms with Gasteiger partial charge in [-0.15, -0.1) is 0 Å². The third-order valence-corrected chi connectivity index (χ3v) is 4.76. The minimum absolute atomic E-state index is 0.174. The van der Waals surface area contributed by atoms with E-state index in [0.29, 0.717) is 17.5 Å². The second kappa shape index (κ2) is 7.53. The molecule has 0 saturated carbocycles. The topological polar surface area (TPSA) is 48.3 Å². The van der Waals surface area contributed by atoms with E-state index in [-0.39, 0.29) is 16.8 Å². The van der Waals surface area contributed by atoms with Crippen LogP contribution in [0.5, 0.6) is 5.75 Å². The highest BCUT2D eigenvalue weighted by Gasteiger charge is 2.17. The Morgan fingerprint density at radius 2 is 1.68 bits per heavy atom. The Morgan fingerprint density at radius 1 is 0.929 bits per heavy atom. The summed E-state index contributed by atoms with van der Waals surface area (Å²) in [4.78, 5) is 26.0. The highest BCUT2D eigenvalue weighted by Crippen LogP contribution is 2.18. The monoisotopic (exact) mass is 369 g/mol. The number of ether oxygens (including phenoxy) is 1. The molecule has 0 N–H and O–H groups in total. The predicted molar refractivity (Wildman–Crippen MR) is 110 cm³/mol. The summed E-state index contributed by atoms with van der Waals surface area (Å²) in [5.41, 5.74) is 2.24. The van der Waals surface area contributed by atoms with Crippen molar-refractivity contribution in [1.29, 1.82) is 0 Å². The van der Waals surface area contributed by atoms with Gasteiger partial charge in [0.1, 0.15) is 5.75 Å². The molecule has 0 bridgehead atoms. The van der Waals surface area contributed by atoms with E-state index >= 15 is 0 Å². The number of fused-ring (bicyclic) bond motifs is 1. The van der Waals surface area contributed by atoms with E-state index in [1.807, 2.05) is 53.1 Å². The van der Waals surface area contributed by atoms with Gasteiger partial charge in [0.15, 0.2) is 5.78 Å². The Labute approximate surface area is 162 Å². The molecule has 0 unspecified atom stereocenters. The van der Waals surface area contributed by atoms with Crippen LogP contribution in [0, 0.1) is 0 Å². The van der Waals surface area contributed by atoms with E-state index in [1.165, 1.54) is 0 Å². The number of benzene rings is 3. The van der Waals surface area contributed by atoms with Crippen molar-refractivity contribution in [2.75, 3.05) is 7.11 Å². The number of carbonyl (C=O) groups is 1. The van der Waals surface area contributed by atoms with E-state index in [4.69, 9.17) is 4.74 Å². The van der Waals surface area contributed by atoms with Gasteiger partial charge in [-0.2, -0.15) is 0 Å². The summed E-state index contributed by atoms with van der Waals surface area (Å²) in [6.45, 7) is 0.521. The number of rotatable bonds is 5. The zero-order valence-electron chi connectivity index (χ0n) is 15.5. The maximum absolute atomic E-state index is 13.0. The average Bonchev–Trinajstić information content (AvgIpc) is 2.76. The first-order chi connectivity index (χ1) is 13.7. The van der Waals surface area contributed by atoms with Gasteiger partial charge in [-0.3, -0.25) is 9.59 Å². The summed E-state index contributed by atoms with van der Waals surface area (Å²) < 4.78 is 7.25. The first kappa shape index (κ1) is 17.7. The Kier molecular flexibility index (Phi) is 4.77. The van der Waals surface area contributed by atoms with Gasteiger partial charge >= 0.3 is 0 Å². The molecule has 4 nitrogen and oxygen atoms in total. The van der Waals surface area contributed by atoms with Crippen LogP contribution in [0.15, 0.2) is 89.9 Å². The van der Waals surface area contributed by atoms with E-state index in [0.717, 1.165) is 16.8 Å². The molecule has 138 valence electrons. The number of hydrogen-bond donors (Lipinski definition) is 0. The van der Waals surface area contributed by atoms with Gasteiger partial charge in [0.25, 0.3) is 0 Å². The average molecular weight is 369 g/mol. The summed E-state index contributed by atoms with van der Waals surface area (Å²) in [6.07, 6.45) is 1.67. The van der Waals surface area contributed by atoms with Crippen molar-refractivity contribution in [2.45, 2.75) is 6.54 Å². The summed E-state index contributed by atoms with van der Waals surface area (Å²) in [6, 6.07) is 24.0. The molecule has 4 aromatic rings. The number of pyridine rings is 1. The second-order valence-corrected chi connectivity index (χ2v) is 6.56. The summed E-state index contributed by atoms with van der Waals surface area (Å²) in [7, 11) is 1.63. The van der Waals surface area contributed by atoms with Crippen LogP contribution in [0.3, 0.4) is 0 Å². The van der Waals surface area contributed by atoms with Crippen molar-refractivity contribution in [3.05, 3.63) is 112 Å². The highest BCUT2D eigenvalue weighted by molar-refractivity contribution is 6.10. The van der Waals surface area contributed by atoms with Crippen molar-refractivity contribution < 1.29 is 9.53 Å². The fourth-order valence-electron chi connectivity index (χ4n) is 3.35. The molecule has 0 radical (unpaired) electrons. The molecule has 0 aliphatic heterocycles. The first-order valence-corrected chi connectivity index (χ1v) is 9.02. The second-order valence-electron chi connectivity index (χ2n) is 6.56. The minimum atomic E-state index is -0.268. The molecule has 28 heavy (non-hydrogen) atoms. The third-order valence-electron chi connectivity index (χ3n) is 4.76. The van der Waals surface area contributed by atoms with Crippen LogP contribution in [0.1, 0.15) is 21.5 Å². The number of aromatic nitrogens is 1. The van der Waals surface area contributed by atoms with Crippen LogP contribution in [0.2, 0.25) is 0 Å². The number of para-hydroxylation sites is 1. The molecule has 0 fully saturated rings. The maximum atomic E-state index is 13.0. The number of carbonyl (C=O) groups excluding carboxylic acids is 1. The molecule has 0 spiro atoms. The van der Waals surface area contributed by atoms with E-state index in [1.54, 1.807) is 43.6 Å². The number of hydrogen-bond acceptors (Lipinski definition) is 3. The van der Waals surface area contributed by atoms with Crippen LogP contribution < -0.4 is 10.2 Å². The minimum Gasteiger partial charge on any atom is -0.497 e. The number of ketones is 1. The van der Waals surface area contributed by atoms with Gasteiger partial charge in [0.2, 0.25) is 5.43 Å². The Bertz CT molecular complexity index is 1210. The Hall–Kier alpha value is -3.66. The lowest BCUT2D eigenvalue weighted by molar-refractivity contribution is 0.103. The normalized spacial score (nSPS) is 10.8. The molecule has 0 saturated heterocycles. The molecule has 0 aliphatic rings. The smallest absolute Gasteiger partial charge is 0.200 e. The van der Waals surface area contributed by atoms with Crippen LogP contribution in [0.4, 0.5) is 0 Å². The van der Waals surface area contributed by atoms with Gasteiger partial charge < -0.3 is 9.30 Å². The lowest BCUT2D eigenvalue weighted by Gasteiger charge is -2.14. The Balaban J connectivity index is 1.87. The summed E-state index contributed by atoms with van der Waals surface area (Å²) in [5.74, 6) is 0.499. The summed E-state index contributed by atoms with van der Waals surface area (Å²) in [5, 5.41) is 0.534. The van der Waals surface area contributed by atoms with Crippen molar-refractivity contribution in [1.82, 2.24) is 4.57 Å². The molecule has 0 aliphatic carbocycles. The standard InChI is InChI=1S/C24H19NO3/c1-28-19-11-7-8-17(14-19)15-25-16-21(23(26)18-9-3-2-4-10-18)24(27)20-12-5-6-13-22(20)25/h2-14,16H,15H2,1H3. The lowest BCUT2D eigenvalue weighted by atomic mass is 10.0. The molecule has 4 heteroatoms. The molecule has 4 rings (SSSR count). The highest BCUT2D eigenvalue weighted by atomic mass is 16.5. The van der Waals surface area contributed by atoms with Gasteiger partial charge in [0, 0.05) is 23.7 Å². The van der Waals surface area contributed by atoms with Gasteiger partial charge in [-0.05, 0) is 29.8 Å². The van der Waals surface area contributed by atoms with Crippen LogP contribution in [0.25, 0.3) is 10.9 Å². The molecular weight excluding hydrogens is 350 g/mol. The molecule has 3 aromatic carbocycles. The van der Waals surface area contributed by atoms with Crippen molar-refractivity contribution in [3.8, 4) is 5.75 Å². The molecule has 1 aromatic heterocycles. The van der Waals surface area contributed by atoms with Crippen LogP contribution in [-0.4, -0.2) is 17.5 Å². The largest absolute Gasteiger partial charge is 0.497 e. The molecule has 0 amide bonds. The van der Waals surface area contributed by atoms with Gasteiger partial charge in [-0.1, -0.05) is 54.6 Å². The maximum Gasteiger partial charge on any atom is 0.200 e. The predicted octanol–water partition coefficient (Wildman–Crippen LogP) is 4.29.